The van der Waals surface area contributed by atoms with Crippen LogP contribution < -0.4 is 5.32 Å². The first-order valence-electron chi connectivity index (χ1n) is 6.43. The monoisotopic (exact) mass is 291 g/mol. The van der Waals surface area contributed by atoms with Crippen molar-refractivity contribution in [3.63, 3.8) is 0 Å². The van der Waals surface area contributed by atoms with Crippen LogP contribution in [0.15, 0.2) is 24.3 Å². The maximum atomic E-state index is 13.0. The molecule has 6 heteroatoms. The first kappa shape index (κ1) is 13.2. The molecule has 0 radical (unpaired) electrons. The molecule has 2 heterocycles. The number of rotatable bonds is 3. The van der Waals surface area contributed by atoms with Crippen molar-refractivity contribution in [2.24, 2.45) is 0 Å². The number of benzene rings is 1. The van der Waals surface area contributed by atoms with E-state index in [1.165, 1.54) is 12.1 Å². The van der Waals surface area contributed by atoms with Crippen molar-refractivity contribution in [3.05, 3.63) is 41.3 Å². The zero-order valence-electron chi connectivity index (χ0n) is 11.0. The molecule has 4 nitrogen and oxygen atoms in total. The van der Waals surface area contributed by atoms with E-state index in [0.717, 1.165) is 28.5 Å². The molecule has 0 atom stereocenters. The Kier molecular flexibility index (Phi) is 3.48. The second kappa shape index (κ2) is 5.28. The van der Waals surface area contributed by atoms with Gasteiger partial charge in [-0.25, -0.2) is 9.07 Å². The SMILES string of the molecule is CCC(=O)Nc1c2c(nn1-c1ccc(F)cc1)CSC2. The number of halogens is 1. The number of aromatic nitrogens is 2. The molecule has 3 rings (SSSR count). The first-order valence-corrected chi connectivity index (χ1v) is 7.59. The number of nitrogens with zero attached hydrogens (tertiary/aromatic N) is 2. The highest BCUT2D eigenvalue weighted by Gasteiger charge is 2.24. The molecule has 0 aliphatic carbocycles. The number of amides is 1. The van der Waals surface area contributed by atoms with Crippen molar-refractivity contribution < 1.29 is 9.18 Å². The van der Waals surface area contributed by atoms with Crippen LogP contribution in [-0.2, 0) is 16.3 Å². The van der Waals surface area contributed by atoms with Gasteiger partial charge in [-0.15, -0.1) is 0 Å². The lowest BCUT2D eigenvalue weighted by Gasteiger charge is -2.10. The number of nitrogens with one attached hydrogen (secondary N) is 1. The fourth-order valence-corrected chi connectivity index (χ4v) is 3.17. The van der Waals surface area contributed by atoms with Crippen molar-refractivity contribution in [1.82, 2.24) is 9.78 Å². The molecule has 1 aromatic carbocycles. The quantitative estimate of drug-likeness (QED) is 0.945. The number of fused-ring (bicyclic) bond motifs is 1. The number of anilines is 1. The number of hydrogen-bond donors (Lipinski definition) is 1. The first-order chi connectivity index (χ1) is 9.69. The Hall–Kier alpha value is -1.82. The fraction of sp³-hybridized carbons (Fsp3) is 0.286. The molecule has 0 fully saturated rings. The van der Waals surface area contributed by atoms with Crippen molar-refractivity contribution in [2.75, 3.05) is 5.32 Å². The van der Waals surface area contributed by atoms with E-state index in [2.05, 4.69) is 10.4 Å². The van der Waals surface area contributed by atoms with Gasteiger partial charge in [0.05, 0.1) is 11.4 Å². The Bertz CT molecular complexity index is 651. The van der Waals surface area contributed by atoms with Crippen molar-refractivity contribution >= 4 is 23.5 Å². The summed E-state index contributed by atoms with van der Waals surface area (Å²) in [6.07, 6.45) is 0.413. The average molecular weight is 291 g/mol. The maximum Gasteiger partial charge on any atom is 0.225 e. The van der Waals surface area contributed by atoms with E-state index >= 15 is 0 Å². The van der Waals surface area contributed by atoms with E-state index in [9.17, 15) is 9.18 Å². The summed E-state index contributed by atoms with van der Waals surface area (Å²) >= 11 is 1.78. The molecule has 1 N–H and O–H groups in total. The highest BCUT2D eigenvalue weighted by molar-refractivity contribution is 7.98. The van der Waals surface area contributed by atoms with Gasteiger partial charge >= 0.3 is 0 Å². The normalized spacial score (nSPS) is 13.3. The molecule has 1 aliphatic heterocycles. The van der Waals surface area contributed by atoms with E-state index in [1.54, 1.807) is 28.6 Å². The van der Waals surface area contributed by atoms with Gasteiger partial charge in [0.1, 0.15) is 11.6 Å². The lowest BCUT2D eigenvalue weighted by molar-refractivity contribution is -0.115. The summed E-state index contributed by atoms with van der Waals surface area (Å²) in [7, 11) is 0. The maximum absolute atomic E-state index is 13.0. The van der Waals surface area contributed by atoms with Crippen LogP contribution in [0.3, 0.4) is 0 Å². The van der Waals surface area contributed by atoms with Crippen LogP contribution in [0.4, 0.5) is 10.2 Å². The van der Waals surface area contributed by atoms with Crippen molar-refractivity contribution in [2.45, 2.75) is 24.9 Å². The van der Waals surface area contributed by atoms with Crippen LogP contribution in [0.1, 0.15) is 24.6 Å². The summed E-state index contributed by atoms with van der Waals surface area (Å²) in [5.74, 6) is 2.06. The molecule has 0 unspecified atom stereocenters. The topological polar surface area (TPSA) is 46.9 Å². The molecule has 2 aromatic rings. The summed E-state index contributed by atoms with van der Waals surface area (Å²) < 4.78 is 14.7. The molecule has 0 bridgehead atoms. The van der Waals surface area contributed by atoms with Gasteiger partial charge in [-0.3, -0.25) is 4.79 Å². The zero-order chi connectivity index (χ0) is 14.1. The largest absolute Gasteiger partial charge is 0.310 e. The summed E-state index contributed by atoms with van der Waals surface area (Å²) in [5.41, 5.74) is 2.81. The Morgan fingerprint density at radius 2 is 2.15 bits per heavy atom. The van der Waals surface area contributed by atoms with Crippen LogP contribution in [0.2, 0.25) is 0 Å². The molecule has 1 aromatic heterocycles. The Morgan fingerprint density at radius 1 is 1.40 bits per heavy atom. The number of carbonyl (C=O) groups excluding carboxylic acids is 1. The van der Waals surface area contributed by atoms with Crippen LogP contribution in [0.5, 0.6) is 0 Å². The Balaban J connectivity index is 2.06. The van der Waals surface area contributed by atoms with E-state index in [1.807, 2.05) is 6.92 Å². The van der Waals surface area contributed by atoms with Crippen LogP contribution in [0, 0.1) is 5.82 Å². The minimum atomic E-state index is -0.289. The van der Waals surface area contributed by atoms with E-state index in [0.29, 0.717) is 12.2 Å². The van der Waals surface area contributed by atoms with Gasteiger partial charge in [0.25, 0.3) is 0 Å². The number of hydrogen-bond acceptors (Lipinski definition) is 3. The van der Waals surface area contributed by atoms with Crippen LogP contribution in [-0.4, -0.2) is 15.7 Å². The minimum Gasteiger partial charge on any atom is -0.310 e. The van der Waals surface area contributed by atoms with Gasteiger partial charge < -0.3 is 5.32 Å². The summed E-state index contributed by atoms with van der Waals surface area (Å²) in [4.78, 5) is 11.7. The third-order valence-corrected chi connectivity index (χ3v) is 4.17. The van der Waals surface area contributed by atoms with E-state index in [4.69, 9.17) is 0 Å². The summed E-state index contributed by atoms with van der Waals surface area (Å²) in [6.45, 7) is 1.81. The second-order valence-corrected chi connectivity index (χ2v) is 5.54. The zero-order valence-corrected chi connectivity index (χ0v) is 11.8. The molecule has 0 saturated carbocycles. The minimum absolute atomic E-state index is 0.0482. The third-order valence-electron chi connectivity index (χ3n) is 3.20. The number of carbonyl (C=O) groups is 1. The van der Waals surface area contributed by atoms with Gasteiger partial charge in [0, 0.05) is 23.5 Å². The molecular formula is C14H14FN3OS. The van der Waals surface area contributed by atoms with Gasteiger partial charge in [-0.05, 0) is 24.3 Å². The average Bonchev–Trinajstić information content (AvgIpc) is 3.02. The smallest absolute Gasteiger partial charge is 0.225 e. The molecule has 20 heavy (non-hydrogen) atoms. The predicted molar refractivity (Wildman–Crippen MR) is 77.4 cm³/mol. The lowest BCUT2D eigenvalue weighted by atomic mass is 10.2. The lowest BCUT2D eigenvalue weighted by Crippen LogP contribution is -2.14. The van der Waals surface area contributed by atoms with Gasteiger partial charge in [-0.2, -0.15) is 16.9 Å². The van der Waals surface area contributed by atoms with E-state index in [-0.39, 0.29) is 11.7 Å². The molecule has 0 saturated heterocycles. The summed E-state index contributed by atoms with van der Waals surface area (Å²) in [5, 5.41) is 7.44. The molecule has 104 valence electrons. The molecule has 1 aliphatic rings. The van der Waals surface area contributed by atoms with Crippen molar-refractivity contribution in [1.29, 1.82) is 0 Å². The van der Waals surface area contributed by atoms with Crippen molar-refractivity contribution in [3.8, 4) is 5.69 Å². The van der Waals surface area contributed by atoms with Gasteiger partial charge in [0.15, 0.2) is 0 Å². The Labute approximate surface area is 120 Å². The van der Waals surface area contributed by atoms with Gasteiger partial charge in [-0.1, -0.05) is 6.92 Å². The standard InChI is InChI=1S/C14H14FN3OS/c1-2-13(19)16-14-11-7-20-8-12(11)17-18(14)10-5-3-9(15)4-6-10/h3-6H,2,7-8H2,1H3,(H,16,19). The van der Waals surface area contributed by atoms with E-state index < -0.39 is 0 Å². The molecule has 0 spiro atoms. The second-order valence-electron chi connectivity index (χ2n) is 4.56. The van der Waals surface area contributed by atoms with Crippen LogP contribution in [0.25, 0.3) is 5.69 Å². The van der Waals surface area contributed by atoms with Crippen LogP contribution >= 0.6 is 11.8 Å². The summed E-state index contributed by atoms with van der Waals surface area (Å²) in [6, 6.07) is 6.10. The molecule has 1 amide bonds. The highest BCUT2D eigenvalue weighted by atomic mass is 32.2. The Morgan fingerprint density at radius 3 is 2.85 bits per heavy atom. The molecular weight excluding hydrogens is 277 g/mol. The fourth-order valence-electron chi connectivity index (χ4n) is 2.13. The third kappa shape index (κ3) is 2.31. The van der Waals surface area contributed by atoms with Gasteiger partial charge in [0.2, 0.25) is 5.91 Å². The highest BCUT2D eigenvalue weighted by Crippen LogP contribution is 2.36. The number of thioether (sulfide) groups is 1. The predicted octanol–water partition coefficient (Wildman–Crippen LogP) is 3.11.